The summed E-state index contributed by atoms with van der Waals surface area (Å²) in [6.45, 7) is 5.23. The zero-order chi connectivity index (χ0) is 12.4. The summed E-state index contributed by atoms with van der Waals surface area (Å²) >= 11 is 0. The van der Waals surface area contributed by atoms with Gasteiger partial charge in [0.25, 0.3) is 0 Å². The summed E-state index contributed by atoms with van der Waals surface area (Å²) in [5.74, 6) is 1.01. The van der Waals surface area contributed by atoms with E-state index in [1.165, 1.54) is 0 Å². The van der Waals surface area contributed by atoms with Crippen LogP contribution in [0.2, 0.25) is 0 Å². The van der Waals surface area contributed by atoms with Crippen LogP contribution in [0.15, 0.2) is 18.3 Å². The monoisotopic (exact) mass is 233 g/mol. The Kier molecular flexibility index (Phi) is 3.28. The Labute approximate surface area is 102 Å². The zero-order valence-corrected chi connectivity index (χ0v) is 10.3. The minimum Gasteiger partial charge on any atom is -0.384 e. The molecule has 1 aromatic rings. The fourth-order valence-corrected chi connectivity index (χ4v) is 2.22. The van der Waals surface area contributed by atoms with Crippen molar-refractivity contribution in [3.8, 4) is 0 Å². The van der Waals surface area contributed by atoms with Crippen LogP contribution in [0.1, 0.15) is 12.5 Å². The van der Waals surface area contributed by atoms with Crippen molar-refractivity contribution >= 4 is 11.7 Å². The minimum atomic E-state index is 0.0930. The molecular formula is C12H19N5. The summed E-state index contributed by atoms with van der Waals surface area (Å²) < 4.78 is 0. The van der Waals surface area contributed by atoms with Gasteiger partial charge in [-0.15, -0.1) is 0 Å². The average molecular weight is 233 g/mol. The largest absolute Gasteiger partial charge is 0.384 e. The van der Waals surface area contributed by atoms with Crippen LogP contribution in [0, 0.1) is 5.41 Å². The van der Waals surface area contributed by atoms with Gasteiger partial charge < -0.3 is 15.5 Å². The molecule has 0 bridgehead atoms. The van der Waals surface area contributed by atoms with Crippen LogP contribution >= 0.6 is 0 Å². The maximum atomic E-state index is 7.45. The van der Waals surface area contributed by atoms with E-state index >= 15 is 0 Å². The summed E-state index contributed by atoms with van der Waals surface area (Å²) in [7, 11) is 2.13. The van der Waals surface area contributed by atoms with E-state index in [0.717, 1.165) is 31.0 Å². The molecule has 5 nitrogen and oxygen atoms in total. The fourth-order valence-electron chi connectivity index (χ4n) is 2.22. The Morgan fingerprint density at radius 2 is 2.29 bits per heavy atom. The topological polar surface area (TPSA) is 69.2 Å². The second-order valence-corrected chi connectivity index (χ2v) is 4.62. The first-order valence-electron chi connectivity index (χ1n) is 5.83. The molecule has 17 heavy (non-hydrogen) atoms. The first-order valence-corrected chi connectivity index (χ1v) is 5.83. The van der Waals surface area contributed by atoms with E-state index in [0.29, 0.717) is 6.04 Å². The minimum absolute atomic E-state index is 0.0930. The highest BCUT2D eigenvalue weighted by molar-refractivity contribution is 5.95. The summed E-state index contributed by atoms with van der Waals surface area (Å²) in [6, 6.07) is 4.10. The number of nitrogen functional groups attached to an aromatic ring is 1. The van der Waals surface area contributed by atoms with Crippen LogP contribution in [-0.4, -0.2) is 48.4 Å². The molecule has 2 heterocycles. The number of pyridine rings is 1. The molecule has 0 aliphatic carbocycles. The molecule has 0 spiro atoms. The maximum absolute atomic E-state index is 7.45. The molecule has 1 aliphatic heterocycles. The first kappa shape index (κ1) is 11.9. The Hall–Kier alpha value is -1.62. The van der Waals surface area contributed by atoms with Gasteiger partial charge in [-0.3, -0.25) is 5.41 Å². The number of piperazine rings is 1. The van der Waals surface area contributed by atoms with Gasteiger partial charge in [-0.05, 0) is 26.1 Å². The molecule has 1 aliphatic rings. The molecule has 5 heteroatoms. The molecule has 1 saturated heterocycles. The van der Waals surface area contributed by atoms with Gasteiger partial charge in [0.15, 0.2) is 0 Å². The number of anilines is 1. The number of rotatable bonds is 2. The van der Waals surface area contributed by atoms with Crippen LogP contribution in [0.3, 0.4) is 0 Å². The lowest BCUT2D eigenvalue weighted by atomic mass is 10.1. The average Bonchev–Trinajstić information content (AvgIpc) is 2.29. The molecule has 0 amide bonds. The van der Waals surface area contributed by atoms with Gasteiger partial charge in [0.05, 0.1) is 0 Å². The molecular weight excluding hydrogens is 214 g/mol. The van der Waals surface area contributed by atoms with E-state index in [1.807, 2.05) is 6.07 Å². The normalized spacial score (nSPS) is 21.5. The van der Waals surface area contributed by atoms with Crippen molar-refractivity contribution in [3.05, 3.63) is 23.9 Å². The van der Waals surface area contributed by atoms with E-state index < -0.39 is 0 Å². The van der Waals surface area contributed by atoms with Gasteiger partial charge in [0.1, 0.15) is 11.7 Å². The Bertz CT molecular complexity index is 417. The molecule has 1 fully saturated rings. The molecule has 92 valence electrons. The van der Waals surface area contributed by atoms with Gasteiger partial charge in [0.2, 0.25) is 0 Å². The van der Waals surface area contributed by atoms with Crippen molar-refractivity contribution in [2.24, 2.45) is 5.73 Å². The third kappa shape index (κ3) is 2.55. The van der Waals surface area contributed by atoms with Gasteiger partial charge >= 0.3 is 0 Å². The van der Waals surface area contributed by atoms with Crippen molar-refractivity contribution < 1.29 is 0 Å². The zero-order valence-electron chi connectivity index (χ0n) is 10.3. The lowest BCUT2D eigenvalue weighted by Crippen LogP contribution is -2.50. The molecule has 2 rings (SSSR count). The lowest BCUT2D eigenvalue weighted by molar-refractivity contribution is 0.274. The van der Waals surface area contributed by atoms with E-state index in [4.69, 9.17) is 11.1 Å². The van der Waals surface area contributed by atoms with Crippen LogP contribution in [-0.2, 0) is 0 Å². The van der Waals surface area contributed by atoms with E-state index in [9.17, 15) is 0 Å². The number of nitrogens with zero attached hydrogens (tertiary/aromatic N) is 3. The highest BCUT2D eigenvalue weighted by atomic mass is 15.3. The molecule has 0 saturated carbocycles. The number of likely N-dealkylation sites (N-methyl/N-ethyl adjacent to an activating group) is 1. The van der Waals surface area contributed by atoms with E-state index in [-0.39, 0.29) is 5.84 Å². The number of nitrogens with one attached hydrogen (secondary N) is 1. The Morgan fingerprint density at radius 1 is 1.53 bits per heavy atom. The summed E-state index contributed by atoms with van der Waals surface area (Å²) in [5.41, 5.74) is 6.23. The molecule has 1 atom stereocenters. The van der Waals surface area contributed by atoms with Gasteiger partial charge in [-0.25, -0.2) is 4.98 Å². The molecule has 1 aromatic heterocycles. The summed E-state index contributed by atoms with van der Waals surface area (Å²) in [6.07, 6.45) is 1.72. The number of aromatic nitrogens is 1. The SMILES string of the molecule is CC1CN(C)CCN1c1cc(C(=N)N)ccn1. The third-order valence-electron chi connectivity index (χ3n) is 3.18. The molecule has 0 aromatic carbocycles. The van der Waals surface area contributed by atoms with E-state index in [1.54, 1.807) is 12.3 Å². The highest BCUT2D eigenvalue weighted by Gasteiger charge is 2.22. The number of hydrogen-bond donors (Lipinski definition) is 2. The van der Waals surface area contributed by atoms with Crippen molar-refractivity contribution in [2.45, 2.75) is 13.0 Å². The van der Waals surface area contributed by atoms with Gasteiger partial charge in [0, 0.05) is 37.4 Å². The number of nitrogens with two attached hydrogens (primary N) is 1. The van der Waals surface area contributed by atoms with Crippen LogP contribution in [0.5, 0.6) is 0 Å². The third-order valence-corrected chi connectivity index (χ3v) is 3.18. The lowest BCUT2D eigenvalue weighted by Gasteiger charge is -2.39. The van der Waals surface area contributed by atoms with Gasteiger partial charge in [-0.2, -0.15) is 0 Å². The first-order chi connectivity index (χ1) is 8.08. The quantitative estimate of drug-likeness (QED) is 0.577. The fraction of sp³-hybridized carbons (Fsp3) is 0.500. The second kappa shape index (κ2) is 4.71. The highest BCUT2D eigenvalue weighted by Crippen LogP contribution is 2.18. The van der Waals surface area contributed by atoms with E-state index in [2.05, 4.69) is 28.8 Å². The summed E-state index contributed by atoms with van der Waals surface area (Å²) in [5, 5.41) is 7.45. The van der Waals surface area contributed by atoms with Crippen molar-refractivity contribution in [1.82, 2.24) is 9.88 Å². The number of hydrogen-bond acceptors (Lipinski definition) is 4. The molecule has 3 N–H and O–H groups in total. The van der Waals surface area contributed by atoms with Crippen LogP contribution in [0.4, 0.5) is 5.82 Å². The molecule has 1 unspecified atom stereocenters. The Balaban J connectivity index is 2.22. The van der Waals surface area contributed by atoms with Gasteiger partial charge in [-0.1, -0.05) is 0 Å². The second-order valence-electron chi connectivity index (χ2n) is 4.62. The predicted molar refractivity (Wildman–Crippen MR) is 69.6 cm³/mol. The van der Waals surface area contributed by atoms with Crippen LogP contribution in [0.25, 0.3) is 0 Å². The van der Waals surface area contributed by atoms with Crippen molar-refractivity contribution in [1.29, 1.82) is 5.41 Å². The maximum Gasteiger partial charge on any atom is 0.129 e. The molecule has 0 radical (unpaired) electrons. The van der Waals surface area contributed by atoms with Crippen molar-refractivity contribution in [3.63, 3.8) is 0 Å². The number of amidine groups is 1. The predicted octanol–water partition coefficient (Wildman–Crippen LogP) is 0.506. The Morgan fingerprint density at radius 3 is 2.94 bits per heavy atom. The standard InChI is InChI=1S/C12H19N5/c1-9-8-16(2)5-6-17(9)11-7-10(12(13)14)3-4-15-11/h3-4,7,9H,5-6,8H2,1-2H3,(H3,13,14). The smallest absolute Gasteiger partial charge is 0.129 e. The van der Waals surface area contributed by atoms with Crippen LogP contribution < -0.4 is 10.6 Å². The summed E-state index contributed by atoms with van der Waals surface area (Å²) in [4.78, 5) is 8.96. The van der Waals surface area contributed by atoms with Crippen molar-refractivity contribution in [2.75, 3.05) is 31.6 Å².